The van der Waals surface area contributed by atoms with Gasteiger partial charge in [-0.1, -0.05) is 12.1 Å². The van der Waals surface area contributed by atoms with E-state index in [1.165, 1.54) is 12.1 Å². The summed E-state index contributed by atoms with van der Waals surface area (Å²) in [7, 11) is 0. The van der Waals surface area contributed by atoms with Gasteiger partial charge in [0.1, 0.15) is 0 Å². The molecule has 0 bridgehead atoms. The molecule has 3 rings (SSSR count). The number of rotatable bonds is 3. The number of alkyl halides is 3. The molecule has 2 aromatic carbocycles. The van der Waals surface area contributed by atoms with Gasteiger partial charge in [-0.05, 0) is 36.4 Å². The zero-order chi connectivity index (χ0) is 18.0. The molecule has 3 aromatic rings. The predicted octanol–water partition coefficient (Wildman–Crippen LogP) is 4.39. The van der Waals surface area contributed by atoms with Crippen LogP contribution in [0.4, 0.5) is 30.2 Å². The second kappa shape index (κ2) is 6.27. The van der Waals surface area contributed by atoms with Gasteiger partial charge < -0.3 is 5.73 Å². The molecule has 9 heteroatoms. The van der Waals surface area contributed by atoms with E-state index >= 15 is 0 Å². The van der Waals surface area contributed by atoms with Gasteiger partial charge >= 0.3 is 6.18 Å². The van der Waals surface area contributed by atoms with Gasteiger partial charge in [0.15, 0.2) is 5.69 Å². The van der Waals surface area contributed by atoms with Gasteiger partial charge in [-0.3, -0.25) is 15.0 Å². The highest BCUT2D eigenvalue weighted by molar-refractivity contribution is 5.73. The number of nitrogen functional groups attached to an aromatic ring is 1. The molecule has 0 amide bonds. The minimum atomic E-state index is -4.42. The SMILES string of the molecule is Nc1cccc(-c2[nH][nH]c(=O)c2N=Nc2ccc(C(F)(F)F)cc2)c1. The molecule has 0 atom stereocenters. The summed E-state index contributed by atoms with van der Waals surface area (Å²) in [4.78, 5) is 11.9. The maximum Gasteiger partial charge on any atom is 0.416 e. The summed E-state index contributed by atoms with van der Waals surface area (Å²) in [6.45, 7) is 0. The van der Waals surface area contributed by atoms with Gasteiger partial charge in [-0.2, -0.15) is 18.3 Å². The Morgan fingerprint density at radius 2 is 1.68 bits per heavy atom. The molecule has 0 saturated heterocycles. The average Bonchev–Trinajstić information content (AvgIpc) is 2.93. The minimum absolute atomic E-state index is 0.00509. The second-order valence-electron chi connectivity index (χ2n) is 5.17. The van der Waals surface area contributed by atoms with E-state index in [2.05, 4.69) is 20.4 Å². The van der Waals surface area contributed by atoms with E-state index < -0.39 is 17.3 Å². The number of halogens is 3. The highest BCUT2D eigenvalue weighted by Crippen LogP contribution is 2.31. The van der Waals surface area contributed by atoms with Crippen LogP contribution < -0.4 is 11.3 Å². The maximum absolute atomic E-state index is 12.5. The summed E-state index contributed by atoms with van der Waals surface area (Å²) in [5.74, 6) is 0. The monoisotopic (exact) mass is 347 g/mol. The molecule has 0 aliphatic carbocycles. The summed E-state index contributed by atoms with van der Waals surface area (Å²) < 4.78 is 37.6. The van der Waals surface area contributed by atoms with Gasteiger partial charge in [0.2, 0.25) is 0 Å². The first-order valence-corrected chi connectivity index (χ1v) is 7.10. The molecule has 0 saturated carbocycles. The molecule has 1 heterocycles. The number of benzene rings is 2. The lowest BCUT2D eigenvalue weighted by Crippen LogP contribution is -2.03. The summed E-state index contributed by atoms with van der Waals surface area (Å²) in [5, 5.41) is 12.8. The van der Waals surface area contributed by atoms with Crippen LogP contribution in [0, 0.1) is 0 Å². The number of hydrogen-bond donors (Lipinski definition) is 3. The van der Waals surface area contributed by atoms with Crippen molar-refractivity contribution < 1.29 is 13.2 Å². The van der Waals surface area contributed by atoms with Gasteiger partial charge in [-0.15, -0.1) is 5.11 Å². The van der Waals surface area contributed by atoms with E-state index in [4.69, 9.17) is 5.73 Å². The standard InChI is InChI=1S/C16H12F3N5O/c17-16(18,19)10-4-6-12(7-5-10)21-23-14-13(22-24-15(14)25)9-2-1-3-11(20)8-9/h1-8H,20H2,(H2,22,24,25). The number of H-pyrrole nitrogens is 2. The second-order valence-corrected chi connectivity index (χ2v) is 5.17. The number of azo groups is 1. The fourth-order valence-electron chi connectivity index (χ4n) is 2.17. The van der Waals surface area contributed by atoms with E-state index in [1.807, 2.05) is 0 Å². The van der Waals surface area contributed by atoms with Crippen molar-refractivity contribution >= 4 is 17.1 Å². The van der Waals surface area contributed by atoms with Crippen LogP contribution in [0.1, 0.15) is 5.56 Å². The fraction of sp³-hybridized carbons (Fsp3) is 0.0625. The quantitative estimate of drug-likeness (QED) is 0.484. The largest absolute Gasteiger partial charge is 0.416 e. The lowest BCUT2D eigenvalue weighted by molar-refractivity contribution is -0.137. The van der Waals surface area contributed by atoms with Crippen LogP contribution in [-0.4, -0.2) is 10.2 Å². The third-order valence-electron chi connectivity index (χ3n) is 3.39. The molecule has 0 radical (unpaired) electrons. The molecule has 0 aliphatic rings. The number of aromatic amines is 2. The third kappa shape index (κ3) is 3.60. The molecule has 0 unspecified atom stereocenters. The van der Waals surface area contributed by atoms with Crippen LogP contribution in [0.25, 0.3) is 11.3 Å². The first-order chi connectivity index (χ1) is 11.8. The Bertz CT molecular complexity index is 970. The van der Waals surface area contributed by atoms with Crippen molar-refractivity contribution in [1.82, 2.24) is 10.2 Å². The number of anilines is 1. The van der Waals surface area contributed by atoms with E-state index in [1.54, 1.807) is 24.3 Å². The van der Waals surface area contributed by atoms with Crippen LogP contribution in [0.5, 0.6) is 0 Å². The summed E-state index contributed by atoms with van der Waals surface area (Å²) >= 11 is 0. The van der Waals surface area contributed by atoms with Gasteiger partial charge in [-0.25, -0.2) is 0 Å². The molecule has 0 fully saturated rings. The topological polar surface area (TPSA) is 99.4 Å². The molecule has 0 aliphatic heterocycles. The molecule has 0 spiro atoms. The average molecular weight is 347 g/mol. The molecule has 1 aromatic heterocycles. The van der Waals surface area contributed by atoms with Crippen LogP contribution in [0.15, 0.2) is 63.6 Å². The maximum atomic E-state index is 12.5. The van der Waals surface area contributed by atoms with Crippen LogP contribution in [0.2, 0.25) is 0 Å². The van der Waals surface area contributed by atoms with Crippen LogP contribution in [-0.2, 0) is 6.18 Å². The smallest absolute Gasteiger partial charge is 0.399 e. The third-order valence-corrected chi connectivity index (χ3v) is 3.39. The Balaban J connectivity index is 1.92. The Morgan fingerprint density at radius 3 is 2.32 bits per heavy atom. The first-order valence-electron chi connectivity index (χ1n) is 7.10. The van der Waals surface area contributed by atoms with E-state index in [0.717, 1.165) is 12.1 Å². The van der Waals surface area contributed by atoms with Crippen molar-refractivity contribution in [2.45, 2.75) is 6.18 Å². The van der Waals surface area contributed by atoms with Crippen molar-refractivity contribution in [2.24, 2.45) is 10.2 Å². The molecule has 25 heavy (non-hydrogen) atoms. The highest BCUT2D eigenvalue weighted by Gasteiger charge is 2.29. The number of nitrogens with zero attached hydrogens (tertiary/aromatic N) is 2. The number of nitrogens with one attached hydrogen (secondary N) is 2. The van der Waals surface area contributed by atoms with Crippen molar-refractivity contribution in [3.05, 3.63) is 64.4 Å². The molecule has 4 N–H and O–H groups in total. The van der Waals surface area contributed by atoms with Crippen LogP contribution in [0.3, 0.4) is 0 Å². The zero-order valence-electron chi connectivity index (χ0n) is 12.6. The zero-order valence-corrected chi connectivity index (χ0v) is 12.6. The van der Waals surface area contributed by atoms with E-state index in [0.29, 0.717) is 16.9 Å². The highest BCUT2D eigenvalue weighted by atomic mass is 19.4. The van der Waals surface area contributed by atoms with Crippen LogP contribution >= 0.6 is 0 Å². The fourth-order valence-corrected chi connectivity index (χ4v) is 2.17. The van der Waals surface area contributed by atoms with Crippen molar-refractivity contribution in [2.75, 3.05) is 5.73 Å². The molecule has 6 nitrogen and oxygen atoms in total. The Labute approximate surface area is 139 Å². The van der Waals surface area contributed by atoms with E-state index in [9.17, 15) is 18.0 Å². The van der Waals surface area contributed by atoms with Gasteiger partial charge in [0, 0.05) is 11.3 Å². The first kappa shape index (κ1) is 16.5. The number of hydrogen-bond acceptors (Lipinski definition) is 4. The van der Waals surface area contributed by atoms with Crippen molar-refractivity contribution in [3.8, 4) is 11.3 Å². The van der Waals surface area contributed by atoms with E-state index in [-0.39, 0.29) is 11.4 Å². The lowest BCUT2D eigenvalue weighted by Gasteiger charge is -2.05. The summed E-state index contributed by atoms with van der Waals surface area (Å²) in [6.07, 6.45) is -4.42. The number of nitrogens with two attached hydrogens (primary N) is 1. The lowest BCUT2D eigenvalue weighted by atomic mass is 10.1. The van der Waals surface area contributed by atoms with Gasteiger partial charge in [0.25, 0.3) is 5.56 Å². The molecular formula is C16H12F3N5O. The number of aromatic nitrogens is 2. The predicted molar refractivity (Wildman–Crippen MR) is 86.9 cm³/mol. The van der Waals surface area contributed by atoms with Gasteiger partial charge in [0.05, 0.1) is 16.9 Å². The molecule has 128 valence electrons. The van der Waals surface area contributed by atoms with Crippen molar-refractivity contribution in [1.29, 1.82) is 0 Å². The Kier molecular flexibility index (Phi) is 4.14. The Morgan fingerprint density at radius 1 is 0.960 bits per heavy atom. The molecular weight excluding hydrogens is 335 g/mol. The Hall–Kier alpha value is -3.36. The summed E-state index contributed by atoms with van der Waals surface area (Å²) in [5.41, 5.74) is 6.13. The normalized spacial score (nSPS) is 12.0. The minimum Gasteiger partial charge on any atom is -0.399 e. The van der Waals surface area contributed by atoms with Crippen molar-refractivity contribution in [3.63, 3.8) is 0 Å². The summed E-state index contributed by atoms with van der Waals surface area (Å²) in [6, 6.07) is 10.9.